The molecule has 1 heterocycles. The van der Waals surface area contributed by atoms with Crippen LogP contribution in [0.3, 0.4) is 0 Å². The smallest absolute Gasteiger partial charge is 0.127 e. The summed E-state index contributed by atoms with van der Waals surface area (Å²) in [7, 11) is 0. The molecule has 0 saturated carbocycles. The summed E-state index contributed by atoms with van der Waals surface area (Å²) in [5.41, 5.74) is 1.41. The summed E-state index contributed by atoms with van der Waals surface area (Å²) in [6.45, 7) is 2.41. The van der Waals surface area contributed by atoms with Gasteiger partial charge in [-0.15, -0.1) is 0 Å². The van der Waals surface area contributed by atoms with Crippen LogP contribution in [0, 0.1) is 5.92 Å². The van der Waals surface area contributed by atoms with E-state index in [2.05, 4.69) is 29.6 Å². The minimum Gasteiger partial charge on any atom is -0.457 e. The van der Waals surface area contributed by atoms with Crippen molar-refractivity contribution < 1.29 is 4.74 Å². The minimum absolute atomic E-state index is 0.890. The number of aryl methyl sites for hydroxylation is 1. The Morgan fingerprint density at radius 2 is 1.55 bits per heavy atom. The van der Waals surface area contributed by atoms with Gasteiger partial charge in [0.2, 0.25) is 0 Å². The van der Waals surface area contributed by atoms with E-state index in [0.717, 1.165) is 17.4 Å². The number of para-hydroxylation sites is 1. The van der Waals surface area contributed by atoms with Gasteiger partial charge in [-0.2, -0.15) is 0 Å². The second kappa shape index (κ2) is 8.00. The van der Waals surface area contributed by atoms with Crippen LogP contribution in [0.15, 0.2) is 54.6 Å². The van der Waals surface area contributed by atoms with Crippen molar-refractivity contribution in [2.24, 2.45) is 5.92 Å². The molecule has 1 saturated heterocycles. The van der Waals surface area contributed by atoms with Crippen LogP contribution in [0.25, 0.3) is 0 Å². The Labute approximate surface area is 133 Å². The Morgan fingerprint density at radius 1 is 0.864 bits per heavy atom. The molecule has 0 atom stereocenters. The third-order valence-corrected chi connectivity index (χ3v) is 4.44. The fraction of sp³-hybridized carbons (Fsp3) is 0.400. The Bertz CT molecular complexity index is 544. The molecule has 1 N–H and O–H groups in total. The minimum atomic E-state index is 0.890. The molecule has 2 aromatic carbocycles. The van der Waals surface area contributed by atoms with Crippen molar-refractivity contribution in [3.63, 3.8) is 0 Å². The van der Waals surface area contributed by atoms with Gasteiger partial charge in [-0.1, -0.05) is 36.8 Å². The van der Waals surface area contributed by atoms with Crippen molar-refractivity contribution in [3.05, 3.63) is 60.2 Å². The first-order valence-electron chi connectivity index (χ1n) is 8.43. The quantitative estimate of drug-likeness (QED) is 0.826. The van der Waals surface area contributed by atoms with E-state index in [1.807, 2.05) is 30.3 Å². The molecule has 3 rings (SSSR count). The van der Waals surface area contributed by atoms with E-state index >= 15 is 0 Å². The molecule has 0 spiro atoms. The number of nitrogens with one attached hydrogen (secondary N) is 1. The zero-order chi connectivity index (χ0) is 15.0. The molecule has 1 fully saturated rings. The molecule has 2 nitrogen and oxygen atoms in total. The summed E-state index contributed by atoms with van der Waals surface area (Å²) in [5.74, 6) is 2.73. The molecule has 0 radical (unpaired) electrons. The first-order valence-corrected chi connectivity index (χ1v) is 8.43. The number of rotatable bonds is 6. The Hall–Kier alpha value is -1.80. The molecule has 0 amide bonds. The van der Waals surface area contributed by atoms with Gasteiger partial charge in [0.05, 0.1) is 0 Å². The van der Waals surface area contributed by atoms with E-state index in [1.54, 1.807) is 0 Å². The maximum absolute atomic E-state index is 5.83. The van der Waals surface area contributed by atoms with Crippen molar-refractivity contribution in [2.45, 2.75) is 32.1 Å². The molecule has 0 aromatic heterocycles. The zero-order valence-corrected chi connectivity index (χ0v) is 13.1. The van der Waals surface area contributed by atoms with E-state index in [1.165, 1.54) is 50.8 Å². The van der Waals surface area contributed by atoms with Crippen LogP contribution in [-0.2, 0) is 6.42 Å². The molecule has 2 heteroatoms. The van der Waals surface area contributed by atoms with Crippen LogP contribution in [0.5, 0.6) is 11.5 Å². The average Bonchev–Trinajstić information content (AvgIpc) is 2.58. The van der Waals surface area contributed by atoms with Gasteiger partial charge in [0.15, 0.2) is 0 Å². The normalized spacial score (nSPS) is 15.6. The summed E-state index contributed by atoms with van der Waals surface area (Å²) < 4.78 is 5.83. The number of benzene rings is 2. The van der Waals surface area contributed by atoms with Gasteiger partial charge < -0.3 is 10.1 Å². The molecular formula is C20H25NO. The molecule has 0 aliphatic carbocycles. The number of hydrogen-bond donors (Lipinski definition) is 1. The summed E-state index contributed by atoms with van der Waals surface area (Å²) in [6.07, 6.45) is 6.54. The number of ether oxygens (including phenoxy) is 1. The molecular weight excluding hydrogens is 270 g/mol. The summed E-state index contributed by atoms with van der Waals surface area (Å²) in [5, 5.41) is 3.44. The van der Waals surface area contributed by atoms with Crippen LogP contribution in [0.2, 0.25) is 0 Å². The lowest BCUT2D eigenvalue weighted by atomic mass is 9.91. The number of hydrogen-bond acceptors (Lipinski definition) is 2. The van der Waals surface area contributed by atoms with Crippen LogP contribution in [0.4, 0.5) is 0 Å². The molecule has 1 aliphatic heterocycles. The third kappa shape index (κ3) is 4.60. The maximum atomic E-state index is 5.83. The van der Waals surface area contributed by atoms with E-state index in [-0.39, 0.29) is 0 Å². The molecule has 0 bridgehead atoms. The van der Waals surface area contributed by atoms with Crippen LogP contribution >= 0.6 is 0 Å². The lowest BCUT2D eigenvalue weighted by molar-refractivity contribution is 0.347. The van der Waals surface area contributed by atoms with Gasteiger partial charge in [-0.05, 0) is 74.5 Å². The highest BCUT2D eigenvalue weighted by molar-refractivity contribution is 5.32. The van der Waals surface area contributed by atoms with E-state index in [4.69, 9.17) is 4.74 Å². The Balaban J connectivity index is 1.45. The highest BCUT2D eigenvalue weighted by Gasteiger charge is 2.12. The van der Waals surface area contributed by atoms with Crippen LogP contribution in [0.1, 0.15) is 31.2 Å². The summed E-state index contributed by atoms with van der Waals surface area (Å²) >= 11 is 0. The Morgan fingerprint density at radius 3 is 2.27 bits per heavy atom. The van der Waals surface area contributed by atoms with Gasteiger partial charge >= 0.3 is 0 Å². The summed E-state index contributed by atoms with van der Waals surface area (Å²) in [6, 6.07) is 18.5. The van der Waals surface area contributed by atoms with Crippen molar-refractivity contribution in [2.75, 3.05) is 13.1 Å². The van der Waals surface area contributed by atoms with E-state index < -0.39 is 0 Å². The lowest BCUT2D eigenvalue weighted by Crippen LogP contribution is -2.27. The fourth-order valence-electron chi connectivity index (χ4n) is 3.11. The largest absolute Gasteiger partial charge is 0.457 e. The molecule has 2 aromatic rings. The van der Waals surface area contributed by atoms with Gasteiger partial charge in [-0.25, -0.2) is 0 Å². The first kappa shape index (κ1) is 15.1. The maximum Gasteiger partial charge on any atom is 0.127 e. The van der Waals surface area contributed by atoms with Crippen molar-refractivity contribution >= 4 is 0 Å². The monoisotopic (exact) mass is 295 g/mol. The molecule has 116 valence electrons. The molecule has 22 heavy (non-hydrogen) atoms. The van der Waals surface area contributed by atoms with Crippen LogP contribution < -0.4 is 10.1 Å². The lowest BCUT2D eigenvalue weighted by Gasteiger charge is -2.22. The second-order valence-corrected chi connectivity index (χ2v) is 6.14. The number of piperidine rings is 1. The highest BCUT2D eigenvalue weighted by atomic mass is 16.5. The van der Waals surface area contributed by atoms with Gasteiger partial charge in [-0.3, -0.25) is 0 Å². The molecule has 1 aliphatic rings. The van der Waals surface area contributed by atoms with Gasteiger partial charge in [0.1, 0.15) is 11.5 Å². The predicted octanol–water partition coefficient (Wildman–Crippen LogP) is 4.80. The highest BCUT2D eigenvalue weighted by Crippen LogP contribution is 2.23. The van der Waals surface area contributed by atoms with E-state index in [0.29, 0.717) is 0 Å². The topological polar surface area (TPSA) is 21.3 Å². The van der Waals surface area contributed by atoms with Gasteiger partial charge in [0, 0.05) is 0 Å². The second-order valence-electron chi connectivity index (χ2n) is 6.14. The molecule has 0 unspecified atom stereocenters. The zero-order valence-electron chi connectivity index (χ0n) is 13.1. The van der Waals surface area contributed by atoms with Crippen molar-refractivity contribution in [1.29, 1.82) is 0 Å². The first-order chi connectivity index (χ1) is 10.9. The third-order valence-electron chi connectivity index (χ3n) is 4.44. The van der Waals surface area contributed by atoms with Crippen LogP contribution in [-0.4, -0.2) is 13.1 Å². The van der Waals surface area contributed by atoms with Crippen molar-refractivity contribution in [1.82, 2.24) is 5.32 Å². The van der Waals surface area contributed by atoms with E-state index in [9.17, 15) is 0 Å². The van der Waals surface area contributed by atoms with Crippen molar-refractivity contribution in [3.8, 4) is 11.5 Å². The standard InChI is InChI=1S/C20H25NO/c1-2-7-19(8-3-1)22-20-11-9-17(10-12-20)5-4-6-18-13-15-21-16-14-18/h1-3,7-12,18,21H,4-6,13-16H2. The fourth-order valence-corrected chi connectivity index (χ4v) is 3.11. The Kier molecular flexibility index (Phi) is 5.49. The average molecular weight is 295 g/mol. The summed E-state index contributed by atoms with van der Waals surface area (Å²) in [4.78, 5) is 0. The predicted molar refractivity (Wildman–Crippen MR) is 91.5 cm³/mol. The van der Waals surface area contributed by atoms with Gasteiger partial charge in [0.25, 0.3) is 0 Å². The SMILES string of the molecule is c1ccc(Oc2ccc(CCCC3CCNCC3)cc2)cc1.